The van der Waals surface area contributed by atoms with Crippen LogP contribution in [0.5, 0.6) is 0 Å². The van der Waals surface area contributed by atoms with Crippen molar-refractivity contribution < 1.29 is 13.0 Å². The third-order valence-corrected chi connectivity index (χ3v) is 2.33. The van der Waals surface area contributed by atoms with Gasteiger partial charge >= 0.3 is 0 Å². The van der Waals surface area contributed by atoms with Crippen LogP contribution in [-0.2, 0) is 15.9 Å². The summed E-state index contributed by atoms with van der Waals surface area (Å²) in [5, 5.41) is 0. The Balaban J connectivity index is 3.03. The molecule has 0 unspecified atom stereocenters. The fourth-order valence-electron chi connectivity index (χ4n) is 1.36. The molecule has 0 saturated heterocycles. The second-order valence-corrected chi connectivity index (χ2v) is 4.67. The zero-order valence-electron chi connectivity index (χ0n) is 7.61. The number of rotatable bonds is 2. The Hall–Kier alpha value is -0.870. The summed E-state index contributed by atoms with van der Waals surface area (Å²) in [7, 11) is -3.91. The molecule has 0 spiro atoms. The van der Waals surface area contributed by atoms with Gasteiger partial charge in [0.25, 0.3) is 10.1 Å². The Labute approximate surface area is 78.2 Å². The largest absolute Gasteiger partial charge is 0.285 e. The van der Waals surface area contributed by atoms with Gasteiger partial charge in [0.05, 0.1) is 0 Å². The summed E-state index contributed by atoms with van der Waals surface area (Å²) in [5.74, 6) is -0.310. The molecule has 1 rings (SSSR count). The van der Waals surface area contributed by atoms with E-state index in [0.29, 0.717) is 5.56 Å². The lowest BCUT2D eigenvalue weighted by Crippen LogP contribution is -2.01. The molecule has 0 aliphatic rings. The van der Waals surface area contributed by atoms with Gasteiger partial charge in [-0.25, -0.2) is 0 Å². The van der Waals surface area contributed by atoms with E-state index in [1.165, 1.54) is 0 Å². The minimum absolute atomic E-state index is 0.310. The van der Waals surface area contributed by atoms with Crippen molar-refractivity contribution in [2.24, 2.45) is 0 Å². The molecule has 1 N–H and O–H groups in total. The highest BCUT2D eigenvalue weighted by Gasteiger charge is 2.06. The van der Waals surface area contributed by atoms with Crippen LogP contribution in [0.2, 0.25) is 0 Å². The molecular formula is C9H12O3S. The van der Waals surface area contributed by atoms with Crippen molar-refractivity contribution in [3.8, 4) is 0 Å². The maximum Gasteiger partial charge on any atom is 0.269 e. The van der Waals surface area contributed by atoms with E-state index in [0.717, 1.165) is 11.1 Å². The van der Waals surface area contributed by atoms with Gasteiger partial charge in [-0.2, -0.15) is 8.42 Å². The van der Waals surface area contributed by atoms with E-state index < -0.39 is 10.1 Å². The van der Waals surface area contributed by atoms with E-state index in [2.05, 4.69) is 0 Å². The van der Waals surface area contributed by atoms with Crippen molar-refractivity contribution in [3.63, 3.8) is 0 Å². The molecule has 0 amide bonds. The molecular weight excluding hydrogens is 188 g/mol. The molecule has 0 radical (unpaired) electrons. The first-order chi connectivity index (χ1) is 5.87. The number of hydrogen-bond donors (Lipinski definition) is 1. The van der Waals surface area contributed by atoms with Crippen LogP contribution in [0.1, 0.15) is 16.7 Å². The highest BCUT2D eigenvalue weighted by atomic mass is 32.2. The third kappa shape index (κ3) is 3.57. The lowest BCUT2D eigenvalue weighted by atomic mass is 10.1. The van der Waals surface area contributed by atoms with Gasteiger partial charge < -0.3 is 0 Å². The second-order valence-electron chi connectivity index (χ2n) is 3.22. The molecule has 3 nitrogen and oxygen atoms in total. The first-order valence-corrected chi connectivity index (χ1v) is 5.50. The summed E-state index contributed by atoms with van der Waals surface area (Å²) in [6.07, 6.45) is 0. The van der Waals surface area contributed by atoms with Crippen molar-refractivity contribution in [2.45, 2.75) is 19.6 Å². The van der Waals surface area contributed by atoms with Crippen molar-refractivity contribution in [3.05, 3.63) is 34.9 Å². The Morgan fingerprint density at radius 1 is 1.15 bits per heavy atom. The van der Waals surface area contributed by atoms with Crippen molar-refractivity contribution in [1.82, 2.24) is 0 Å². The monoisotopic (exact) mass is 200 g/mol. The van der Waals surface area contributed by atoms with E-state index in [-0.39, 0.29) is 5.75 Å². The number of hydrogen-bond acceptors (Lipinski definition) is 2. The molecule has 0 fully saturated rings. The Morgan fingerprint density at radius 3 is 2.00 bits per heavy atom. The summed E-state index contributed by atoms with van der Waals surface area (Å²) in [6.45, 7) is 3.78. The quantitative estimate of drug-likeness (QED) is 0.739. The standard InChI is InChI=1S/C9H12O3S/c1-7-3-8(2)5-9(4-7)6-13(10,11)12/h3-5H,6H2,1-2H3,(H,10,11,12). The molecule has 0 aromatic heterocycles. The van der Waals surface area contributed by atoms with E-state index in [1.54, 1.807) is 12.1 Å². The van der Waals surface area contributed by atoms with E-state index in [1.807, 2.05) is 19.9 Å². The molecule has 0 atom stereocenters. The topological polar surface area (TPSA) is 54.4 Å². The maximum atomic E-state index is 10.6. The summed E-state index contributed by atoms with van der Waals surface area (Å²) >= 11 is 0. The van der Waals surface area contributed by atoms with Crippen LogP contribution in [0.4, 0.5) is 0 Å². The van der Waals surface area contributed by atoms with Crippen molar-refractivity contribution in [1.29, 1.82) is 0 Å². The lowest BCUT2D eigenvalue weighted by Gasteiger charge is -2.02. The smallest absolute Gasteiger partial charge is 0.269 e. The van der Waals surface area contributed by atoms with E-state index >= 15 is 0 Å². The van der Waals surface area contributed by atoms with Crippen molar-refractivity contribution in [2.75, 3.05) is 0 Å². The van der Waals surface area contributed by atoms with Crippen LogP contribution >= 0.6 is 0 Å². The summed E-state index contributed by atoms with van der Waals surface area (Å²) in [6, 6.07) is 5.45. The summed E-state index contributed by atoms with van der Waals surface area (Å²) < 4.78 is 29.8. The summed E-state index contributed by atoms with van der Waals surface area (Å²) in [4.78, 5) is 0. The minimum Gasteiger partial charge on any atom is -0.285 e. The Bertz CT molecular complexity index is 387. The molecule has 1 aromatic rings. The molecule has 0 aliphatic carbocycles. The molecule has 0 heterocycles. The van der Waals surface area contributed by atoms with Gasteiger partial charge in [-0.15, -0.1) is 0 Å². The fraction of sp³-hybridized carbons (Fsp3) is 0.333. The van der Waals surface area contributed by atoms with Crippen LogP contribution in [0, 0.1) is 13.8 Å². The van der Waals surface area contributed by atoms with Gasteiger partial charge in [0.15, 0.2) is 0 Å². The molecule has 4 heteroatoms. The molecule has 0 saturated carbocycles. The van der Waals surface area contributed by atoms with Gasteiger partial charge in [0, 0.05) is 0 Å². The minimum atomic E-state index is -3.91. The average molecular weight is 200 g/mol. The number of aryl methyl sites for hydroxylation is 2. The predicted molar refractivity (Wildman–Crippen MR) is 51.2 cm³/mol. The second kappa shape index (κ2) is 3.47. The highest BCUT2D eigenvalue weighted by Crippen LogP contribution is 2.11. The predicted octanol–water partition coefficient (Wildman–Crippen LogP) is 1.69. The van der Waals surface area contributed by atoms with Crippen LogP contribution in [0.25, 0.3) is 0 Å². The molecule has 1 aromatic carbocycles. The zero-order chi connectivity index (χ0) is 10.1. The van der Waals surface area contributed by atoms with Gasteiger partial charge in [-0.05, 0) is 19.4 Å². The number of benzene rings is 1. The van der Waals surface area contributed by atoms with Crippen LogP contribution in [-0.4, -0.2) is 13.0 Å². The highest BCUT2D eigenvalue weighted by molar-refractivity contribution is 7.85. The van der Waals surface area contributed by atoms with Gasteiger partial charge in [0.1, 0.15) is 5.75 Å². The molecule has 13 heavy (non-hydrogen) atoms. The van der Waals surface area contributed by atoms with Gasteiger partial charge in [-0.3, -0.25) is 4.55 Å². The first kappa shape index (κ1) is 10.2. The Morgan fingerprint density at radius 2 is 1.62 bits per heavy atom. The maximum absolute atomic E-state index is 10.6. The zero-order valence-corrected chi connectivity index (χ0v) is 8.43. The lowest BCUT2D eigenvalue weighted by molar-refractivity contribution is 0.482. The van der Waals surface area contributed by atoms with Crippen LogP contribution < -0.4 is 0 Å². The SMILES string of the molecule is Cc1cc(C)cc(CS(=O)(=O)O)c1. The van der Waals surface area contributed by atoms with E-state index in [9.17, 15) is 8.42 Å². The molecule has 0 aliphatic heterocycles. The van der Waals surface area contributed by atoms with Crippen LogP contribution in [0.3, 0.4) is 0 Å². The fourth-order valence-corrected chi connectivity index (χ4v) is 1.95. The summed E-state index contributed by atoms with van der Waals surface area (Å²) in [5.41, 5.74) is 2.62. The van der Waals surface area contributed by atoms with E-state index in [4.69, 9.17) is 4.55 Å². The van der Waals surface area contributed by atoms with Crippen LogP contribution in [0.15, 0.2) is 18.2 Å². The normalized spacial score (nSPS) is 11.6. The van der Waals surface area contributed by atoms with Crippen molar-refractivity contribution >= 4 is 10.1 Å². The van der Waals surface area contributed by atoms with Gasteiger partial charge in [-0.1, -0.05) is 29.3 Å². The average Bonchev–Trinajstić information content (AvgIpc) is 1.78. The molecule has 72 valence electrons. The Kier molecular flexibility index (Phi) is 2.73. The third-order valence-electron chi connectivity index (χ3n) is 1.63. The first-order valence-electron chi connectivity index (χ1n) is 3.89. The molecule has 0 bridgehead atoms. The van der Waals surface area contributed by atoms with Gasteiger partial charge in [0.2, 0.25) is 0 Å².